The molecule has 0 aromatic heterocycles. The van der Waals surface area contributed by atoms with Crippen molar-refractivity contribution in [2.75, 3.05) is 13.1 Å². The van der Waals surface area contributed by atoms with Crippen LogP contribution < -0.4 is 11.5 Å². The second-order valence-electron chi connectivity index (χ2n) is 0.447. The van der Waals surface area contributed by atoms with Crippen molar-refractivity contribution < 1.29 is 0 Å². The number of hydrogen-bond donors (Lipinski definition) is 0. The topological polar surface area (TPSA) is 44.6 Å². The summed E-state index contributed by atoms with van der Waals surface area (Å²) in [5, 5.41) is 0. The molecule has 0 N–H and O–H groups in total. The molecule has 0 rings (SSSR count). The summed E-state index contributed by atoms with van der Waals surface area (Å²) in [6.07, 6.45) is 0. The monoisotopic (exact) mass is 56.0 g/mol. The molecule has 0 fully saturated rings. The van der Waals surface area contributed by atoms with Gasteiger partial charge in [-0.3, -0.25) is 0 Å². The first-order valence-electron chi connectivity index (χ1n) is 1.13. The average molecular weight is 56.1 g/mol. The molecule has 0 spiro atoms. The van der Waals surface area contributed by atoms with Gasteiger partial charge in [0.05, 0.1) is 0 Å². The van der Waals surface area contributed by atoms with E-state index in [9.17, 15) is 0 Å². The fourth-order valence-electron chi connectivity index (χ4n) is 0. The lowest BCUT2D eigenvalue weighted by Crippen LogP contribution is -1.90. The van der Waals surface area contributed by atoms with Crippen molar-refractivity contribution in [2.24, 2.45) is 0 Å². The van der Waals surface area contributed by atoms with Gasteiger partial charge in [-0.1, -0.05) is 0 Å². The Morgan fingerprint density at radius 2 is 1.25 bits per heavy atom. The van der Waals surface area contributed by atoms with Crippen molar-refractivity contribution in [1.29, 1.82) is 0 Å². The van der Waals surface area contributed by atoms with E-state index < -0.39 is 0 Å². The van der Waals surface area contributed by atoms with Gasteiger partial charge in [0, 0.05) is 13.1 Å². The van der Waals surface area contributed by atoms with Crippen LogP contribution in [0.15, 0.2) is 0 Å². The molecular weight excluding hydrogens is 52.0 g/mol. The largest absolute Gasteiger partial charge is 0.143 e. The normalized spacial score (nSPS) is 7.50. The Hall–Kier alpha value is -0.0800. The minimum absolute atomic E-state index is 0.125. The highest BCUT2D eigenvalue weighted by atomic mass is 14.6. The van der Waals surface area contributed by atoms with Crippen LogP contribution in [0.3, 0.4) is 0 Å². The van der Waals surface area contributed by atoms with Crippen molar-refractivity contribution in [3.05, 3.63) is 0 Å². The Labute approximate surface area is 25.8 Å². The maximum Gasteiger partial charge on any atom is 0.0479 e. The van der Waals surface area contributed by atoms with Crippen LogP contribution in [-0.2, 0) is 0 Å². The summed E-state index contributed by atoms with van der Waals surface area (Å²) in [7, 11) is 0. The van der Waals surface area contributed by atoms with E-state index in [1.807, 2.05) is 0 Å². The summed E-state index contributed by atoms with van der Waals surface area (Å²) >= 11 is 0. The molecule has 0 atom stereocenters. The van der Waals surface area contributed by atoms with Crippen LogP contribution in [-0.4, -0.2) is 13.1 Å². The average Bonchev–Trinajstić information content (AvgIpc) is 1.37. The zero-order valence-electron chi connectivity index (χ0n) is 2.31. The SMILES string of the molecule is [N]CC[N]. The fourth-order valence-corrected chi connectivity index (χ4v) is 0. The molecular formula is C2H4N2. The molecule has 0 amide bonds. The highest BCUT2D eigenvalue weighted by Gasteiger charge is 1.62. The van der Waals surface area contributed by atoms with E-state index in [4.69, 9.17) is 11.5 Å². The summed E-state index contributed by atoms with van der Waals surface area (Å²) in [5.41, 5.74) is 15.2. The van der Waals surface area contributed by atoms with Crippen molar-refractivity contribution in [3.8, 4) is 0 Å². The van der Waals surface area contributed by atoms with Crippen molar-refractivity contribution in [3.63, 3.8) is 0 Å². The molecule has 0 aromatic rings. The third-order valence-electron chi connectivity index (χ3n) is 0.1000. The van der Waals surface area contributed by atoms with Gasteiger partial charge in [0.15, 0.2) is 0 Å². The highest BCUT2D eigenvalue weighted by molar-refractivity contribution is 4.23. The molecule has 4 radical (unpaired) electrons. The smallest absolute Gasteiger partial charge is 0.0479 e. The fraction of sp³-hybridized carbons (Fsp3) is 1.00. The highest BCUT2D eigenvalue weighted by Crippen LogP contribution is 1.35. The molecule has 0 saturated heterocycles. The molecule has 0 heterocycles. The molecule has 2 heteroatoms. The second kappa shape index (κ2) is 2.92. The van der Waals surface area contributed by atoms with Gasteiger partial charge < -0.3 is 0 Å². The lowest BCUT2D eigenvalue weighted by molar-refractivity contribution is 0.926. The van der Waals surface area contributed by atoms with Crippen LogP contribution in [0.5, 0.6) is 0 Å². The van der Waals surface area contributed by atoms with Gasteiger partial charge in [-0.05, 0) is 0 Å². The molecule has 0 aliphatic carbocycles. The molecule has 0 bridgehead atoms. The number of hydrogen-bond acceptors (Lipinski definition) is 0. The molecule has 0 saturated carbocycles. The van der Waals surface area contributed by atoms with Gasteiger partial charge in [-0.2, -0.15) is 0 Å². The van der Waals surface area contributed by atoms with Crippen LogP contribution in [0.25, 0.3) is 0 Å². The van der Waals surface area contributed by atoms with Crippen LogP contribution in [0.4, 0.5) is 0 Å². The Balaban J connectivity index is 1.97. The van der Waals surface area contributed by atoms with E-state index in [1.54, 1.807) is 0 Å². The molecule has 4 heavy (non-hydrogen) atoms. The predicted octanol–water partition coefficient (Wildman–Crippen LogP) is -0.876. The van der Waals surface area contributed by atoms with Crippen molar-refractivity contribution in [2.45, 2.75) is 0 Å². The van der Waals surface area contributed by atoms with Crippen LogP contribution >= 0.6 is 0 Å². The molecule has 0 aliphatic rings. The molecule has 0 aliphatic heterocycles. The minimum Gasteiger partial charge on any atom is -0.143 e. The van der Waals surface area contributed by atoms with Crippen LogP contribution in [0.1, 0.15) is 0 Å². The summed E-state index contributed by atoms with van der Waals surface area (Å²) in [6, 6.07) is 0. The Morgan fingerprint density at radius 1 is 1.00 bits per heavy atom. The molecule has 0 aromatic carbocycles. The van der Waals surface area contributed by atoms with Crippen LogP contribution in [0.2, 0.25) is 0 Å². The Bertz CT molecular complexity index is 6.00. The summed E-state index contributed by atoms with van der Waals surface area (Å²) < 4.78 is 0. The van der Waals surface area contributed by atoms with E-state index in [0.717, 1.165) is 0 Å². The van der Waals surface area contributed by atoms with Gasteiger partial charge in [0.25, 0.3) is 0 Å². The van der Waals surface area contributed by atoms with Gasteiger partial charge in [-0.15, -0.1) is 11.5 Å². The Morgan fingerprint density at radius 3 is 1.25 bits per heavy atom. The predicted molar refractivity (Wildman–Crippen MR) is 14.0 cm³/mol. The van der Waals surface area contributed by atoms with Crippen molar-refractivity contribution >= 4 is 0 Å². The third kappa shape index (κ3) is 1.92. The first-order chi connectivity index (χ1) is 1.91. The maximum absolute atomic E-state index is 7.62. The van der Waals surface area contributed by atoms with E-state index in [0.29, 0.717) is 0 Å². The number of nitrogens with zero attached hydrogens (tertiary/aromatic N) is 2. The molecule has 2 nitrogen and oxygen atoms in total. The maximum atomic E-state index is 7.62. The summed E-state index contributed by atoms with van der Waals surface area (Å²) in [6.45, 7) is -0.250. The zero-order valence-corrected chi connectivity index (χ0v) is 2.31. The minimum atomic E-state index is -0.125. The lowest BCUT2D eigenvalue weighted by Gasteiger charge is -1.63. The van der Waals surface area contributed by atoms with E-state index in [1.165, 1.54) is 0 Å². The summed E-state index contributed by atoms with van der Waals surface area (Å²) in [5.74, 6) is 0. The van der Waals surface area contributed by atoms with E-state index in [2.05, 4.69) is 0 Å². The first-order valence-corrected chi connectivity index (χ1v) is 1.13. The van der Waals surface area contributed by atoms with Gasteiger partial charge in [0.2, 0.25) is 0 Å². The van der Waals surface area contributed by atoms with Crippen LogP contribution in [0, 0.1) is 0 Å². The quantitative estimate of drug-likeness (QED) is 0.374. The second-order valence-corrected chi connectivity index (χ2v) is 0.447. The van der Waals surface area contributed by atoms with E-state index >= 15 is 0 Å². The van der Waals surface area contributed by atoms with Crippen molar-refractivity contribution in [1.82, 2.24) is 11.5 Å². The molecule has 0 unspecified atom stereocenters. The van der Waals surface area contributed by atoms with Gasteiger partial charge in [0.1, 0.15) is 0 Å². The Kier molecular flexibility index (Phi) is 2.86. The summed E-state index contributed by atoms with van der Waals surface area (Å²) in [4.78, 5) is 0. The lowest BCUT2D eigenvalue weighted by atomic mass is 10.7. The van der Waals surface area contributed by atoms with Gasteiger partial charge >= 0.3 is 0 Å². The molecule has 22 valence electrons. The van der Waals surface area contributed by atoms with E-state index in [-0.39, 0.29) is 13.1 Å². The zero-order chi connectivity index (χ0) is 3.41. The first kappa shape index (κ1) is 3.92. The number of rotatable bonds is 1. The standard InChI is InChI=1S/C2H4N2/c3-1-2-4/h1-2H2. The third-order valence-corrected chi connectivity index (χ3v) is 0.1000. The van der Waals surface area contributed by atoms with Gasteiger partial charge in [-0.25, -0.2) is 0 Å².